The summed E-state index contributed by atoms with van der Waals surface area (Å²) >= 11 is 1.68. The molecule has 220 valence electrons. The van der Waals surface area contributed by atoms with Gasteiger partial charge in [0.05, 0.1) is 26.9 Å². The average molecular weight is 580 g/mol. The second-order valence-electron chi connectivity index (χ2n) is 10.2. The molecule has 0 aliphatic carbocycles. The highest BCUT2D eigenvalue weighted by Crippen LogP contribution is 2.28. The number of urea groups is 1. The van der Waals surface area contributed by atoms with Crippen LogP contribution < -0.4 is 14.8 Å². The topological polar surface area (TPSA) is 80.3 Å². The third-order valence-electron chi connectivity index (χ3n) is 7.31. The van der Waals surface area contributed by atoms with Gasteiger partial charge in [0, 0.05) is 35.1 Å². The Balaban J connectivity index is 1.52. The summed E-state index contributed by atoms with van der Waals surface area (Å²) in [5.41, 5.74) is 2.85. The lowest BCUT2D eigenvalue weighted by molar-refractivity contribution is -0.132. The molecule has 1 aliphatic heterocycles. The van der Waals surface area contributed by atoms with Crippen molar-refractivity contribution in [2.75, 3.05) is 45.8 Å². The van der Waals surface area contributed by atoms with Crippen LogP contribution in [0.15, 0.2) is 54.6 Å². The number of nitrogens with one attached hydrogen (secondary N) is 1. The summed E-state index contributed by atoms with van der Waals surface area (Å²) in [4.78, 5) is 33.2. The first-order valence-corrected chi connectivity index (χ1v) is 15.0. The molecule has 1 saturated heterocycles. The van der Waals surface area contributed by atoms with Crippen LogP contribution in [0.3, 0.4) is 0 Å². The molecule has 1 atom stereocenters. The van der Waals surface area contributed by atoms with Gasteiger partial charge in [-0.2, -0.15) is 0 Å². The summed E-state index contributed by atoms with van der Waals surface area (Å²) in [5, 5.41) is 3.05. The molecule has 2 aromatic carbocycles. The maximum atomic E-state index is 13.9. The molecule has 0 bridgehead atoms. The molecule has 8 nitrogen and oxygen atoms in total. The van der Waals surface area contributed by atoms with Crippen LogP contribution in [-0.2, 0) is 28.9 Å². The van der Waals surface area contributed by atoms with Gasteiger partial charge < -0.3 is 29.3 Å². The summed E-state index contributed by atoms with van der Waals surface area (Å²) in [5.74, 6) is 1.22. The number of hydrogen-bond donors (Lipinski definition) is 1. The number of thiophene rings is 1. The third kappa shape index (κ3) is 8.47. The molecule has 2 heterocycles. The zero-order valence-corrected chi connectivity index (χ0v) is 25.3. The second-order valence-corrected chi connectivity index (χ2v) is 11.6. The van der Waals surface area contributed by atoms with Crippen molar-refractivity contribution < 1.29 is 23.8 Å². The molecule has 1 aromatic heterocycles. The molecule has 3 amide bonds. The number of amides is 3. The van der Waals surface area contributed by atoms with Crippen LogP contribution in [0.2, 0.25) is 0 Å². The summed E-state index contributed by atoms with van der Waals surface area (Å²) in [6.45, 7) is 6.12. The number of carbonyl (C=O) groups excluding carboxylic acids is 2. The van der Waals surface area contributed by atoms with Crippen LogP contribution in [0.5, 0.6) is 11.5 Å². The average Bonchev–Trinajstić information content (AvgIpc) is 3.66. The predicted molar refractivity (Wildman–Crippen MR) is 163 cm³/mol. The fraction of sp³-hybridized carbons (Fsp3) is 0.438. The van der Waals surface area contributed by atoms with Gasteiger partial charge >= 0.3 is 6.03 Å². The second kappa shape index (κ2) is 14.9. The van der Waals surface area contributed by atoms with Crippen molar-refractivity contribution in [3.63, 3.8) is 0 Å². The van der Waals surface area contributed by atoms with Gasteiger partial charge in [-0.15, -0.1) is 11.3 Å². The third-order valence-corrected chi connectivity index (χ3v) is 8.30. The Morgan fingerprint density at radius 2 is 1.85 bits per heavy atom. The van der Waals surface area contributed by atoms with Crippen LogP contribution in [0.1, 0.15) is 40.6 Å². The van der Waals surface area contributed by atoms with E-state index in [1.54, 1.807) is 30.5 Å². The number of methoxy groups -OCH3 is 2. The van der Waals surface area contributed by atoms with Gasteiger partial charge in [0.25, 0.3) is 0 Å². The van der Waals surface area contributed by atoms with E-state index < -0.39 is 0 Å². The van der Waals surface area contributed by atoms with Gasteiger partial charge in [-0.25, -0.2) is 4.79 Å². The molecule has 0 spiro atoms. The van der Waals surface area contributed by atoms with Crippen LogP contribution >= 0.6 is 11.3 Å². The largest absolute Gasteiger partial charge is 0.493 e. The van der Waals surface area contributed by atoms with E-state index in [4.69, 9.17) is 14.2 Å². The molecule has 0 radical (unpaired) electrons. The number of rotatable bonds is 13. The minimum Gasteiger partial charge on any atom is -0.493 e. The van der Waals surface area contributed by atoms with Crippen LogP contribution in [0.4, 0.5) is 10.5 Å². The zero-order valence-electron chi connectivity index (χ0n) is 24.5. The van der Waals surface area contributed by atoms with Gasteiger partial charge in [-0.3, -0.25) is 4.79 Å². The summed E-state index contributed by atoms with van der Waals surface area (Å²) in [7, 11) is 3.23. The highest BCUT2D eigenvalue weighted by atomic mass is 32.1. The highest BCUT2D eigenvalue weighted by molar-refractivity contribution is 7.11. The monoisotopic (exact) mass is 579 g/mol. The first-order valence-electron chi connectivity index (χ1n) is 14.2. The molecule has 0 saturated carbocycles. The molecular weight excluding hydrogens is 538 g/mol. The molecule has 41 heavy (non-hydrogen) atoms. The Hall–Kier alpha value is -3.56. The smallest absolute Gasteiger partial charge is 0.322 e. The van der Waals surface area contributed by atoms with Crippen molar-refractivity contribution in [3.05, 3.63) is 75.5 Å². The molecule has 3 aromatic rings. The van der Waals surface area contributed by atoms with Crippen molar-refractivity contribution in [3.8, 4) is 11.5 Å². The molecular formula is C32H41N3O5S. The van der Waals surface area contributed by atoms with Crippen molar-refractivity contribution in [2.24, 2.45) is 0 Å². The Labute approximate surface area is 247 Å². The normalized spacial score (nSPS) is 14.5. The van der Waals surface area contributed by atoms with Gasteiger partial charge in [0.15, 0.2) is 11.5 Å². The maximum Gasteiger partial charge on any atom is 0.322 e. The van der Waals surface area contributed by atoms with E-state index in [1.807, 2.05) is 47.4 Å². The molecule has 0 unspecified atom stereocenters. The van der Waals surface area contributed by atoms with Gasteiger partial charge in [0.2, 0.25) is 5.91 Å². The Kier molecular flexibility index (Phi) is 11.0. The minimum atomic E-state index is -0.290. The molecule has 1 fully saturated rings. The Morgan fingerprint density at radius 3 is 2.54 bits per heavy atom. The zero-order chi connectivity index (χ0) is 29.2. The van der Waals surface area contributed by atoms with Crippen molar-refractivity contribution in [2.45, 2.75) is 52.2 Å². The van der Waals surface area contributed by atoms with E-state index in [9.17, 15) is 9.59 Å². The first-order chi connectivity index (χ1) is 19.9. The van der Waals surface area contributed by atoms with Gasteiger partial charge in [-0.05, 0) is 74.1 Å². The lowest BCUT2D eigenvalue weighted by atomic mass is 10.1. The summed E-state index contributed by atoms with van der Waals surface area (Å²) in [6, 6.07) is 17.4. The fourth-order valence-electron chi connectivity index (χ4n) is 5.01. The number of carbonyl (C=O) groups is 2. The number of nitrogens with zero attached hydrogens (tertiary/aromatic N) is 2. The van der Waals surface area contributed by atoms with Crippen LogP contribution in [-0.4, -0.2) is 68.3 Å². The molecule has 1 aliphatic rings. The molecule has 9 heteroatoms. The van der Waals surface area contributed by atoms with Crippen molar-refractivity contribution in [1.29, 1.82) is 0 Å². The SMILES string of the molecule is CCc1ccccc1NC(=O)N(CC(=O)N(CCc1ccc(OC)c(OC)c1)Cc1ccc(C)s1)C[C@H]1CCCO1. The summed E-state index contributed by atoms with van der Waals surface area (Å²) in [6.07, 6.45) is 3.20. The quantitative estimate of drug-likeness (QED) is 0.272. The van der Waals surface area contributed by atoms with E-state index in [0.717, 1.165) is 41.0 Å². The van der Waals surface area contributed by atoms with Crippen LogP contribution in [0, 0.1) is 6.92 Å². The van der Waals surface area contributed by atoms with E-state index in [-0.39, 0.29) is 24.6 Å². The number of ether oxygens (including phenoxy) is 3. The fourth-order valence-corrected chi connectivity index (χ4v) is 5.92. The van der Waals surface area contributed by atoms with E-state index in [2.05, 4.69) is 31.3 Å². The van der Waals surface area contributed by atoms with Crippen molar-refractivity contribution in [1.82, 2.24) is 9.80 Å². The van der Waals surface area contributed by atoms with E-state index in [1.165, 1.54) is 4.88 Å². The Bertz CT molecular complexity index is 1300. The van der Waals surface area contributed by atoms with Crippen LogP contribution in [0.25, 0.3) is 0 Å². The maximum absolute atomic E-state index is 13.9. The van der Waals surface area contributed by atoms with E-state index >= 15 is 0 Å². The standard InChI is InChI=1S/C32H41N3O5S/c1-5-25-9-6-7-11-28(25)33-32(37)35(20-26-10-8-18-40-26)22-31(36)34(21-27-14-12-23(2)41-27)17-16-24-13-15-29(38-3)30(19-24)39-4/h6-7,9,11-15,19,26H,5,8,10,16-18,20-22H2,1-4H3,(H,33,37)/t26-/m1/s1. The lowest BCUT2D eigenvalue weighted by Gasteiger charge is -2.29. The molecule has 1 N–H and O–H groups in total. The number of para-hydroxylation sites is 1. The highest BCUT2D eigenvalue weighted by Gasteiger charge is 2.27. The first kappa shape index (κ1) is 30.4. The lowest BCUT2D eigenvalue weighted by Crippen LogP contribution is -2.47. The number of anilines is 1. The van der Waals surface area contributed by atoms with Crippen molar-refractivity contribution >= 4 is 29.0 Å². The van der Waals surface area contributed by atoms with Gasteiger partial charge in [0.1, 0.15) is 6.54 Å². The predicted octanol–water partition coefficient (Wildman–Crippen LogP) is 5.92. The number of benzene rings is 2. The number of aryl methyl sites for hydroxylation is 2. The minimum absolute atomic E-state index is 0.0315. The summed E-state index contributed by atoms with van der Waals surface area (Å²) < 4.78 is 16.7. The Morgan fingerprint density at radius 1 is 1.05 bits per heavy atom. The van der Waals surface area contributed by atoms with Gasteiger partial charge in [-0.1, -0.05) is 31.2 Å². The van der Waals surface area contributed by atoms with E-state index in [0.29, 0.717) is 44.2 Å². The molecule has 4 rings (SSSR count). The number of hydrogen-bond acceptors (Lipinski definition) is 6.